The summed E-state index contributed by atoms with van der Waals surface area (Å²) in [4.78, 5) is 8.95. The molecule has 3 nitrogen and oxygen atoms in total. The van der Waals surface area contributed by atoms with Crippen molar-refractivity contribution >= 4 is 34.2 Å². The Morgan fingerprint density at radius 2 is 2.05 bits per heavy atom. The zero-order chi connectivity index (χ0) is 15.0. The van der Waals surface area contributed by atoms with Crippen molar-refractivity contribution in [3.63, 3.8) is 0 Å². The van der Waals surface area contributed by atoms with Crippen molar-refractivity contribution in [2.45, 2.75) is 25.8 Å². The van der Waals surface area contributed by atoms with Crippen LogP contribution in [0.25, 0.3) is 11.0 Å². The summed E-state index contributed by atoms with van der Waals surface area (Å²) in [5.74, 6) is 0.820. The summed E-state index contributed by atoms with van der Waals surface area (Å²) in [5.41, 5.74) is 3.88. The zero-order valence-corrected chi connectivity index (χ0v) is 13.4. The van der Waals surface area contributed by atoms with Crippen molar-refractivity contribution in [2.75, 3.05) is 0 Å². The number of aryl methyl sites for hydroxylation is 1. The van der Waals surface area contributed by atoms with Crippen molar-refractivity contribution in [1.82, 2.24) is 14.5 Å². The molecule has 108 valence electrons. The molecule has 3 rings (SSSR count). The molecule has 0 saturated heterocycles. The summed E-state index contributed by atoms with van der Waals surface area (Å²) in [6.45, 7) is 4.54. The molecule has 1 unspecified atom stereocenters. The Bertz CT molecular complexity index is 776. The van der Waals surface area contributed by atoms with E-state index in [1.165, 1.54) is 0 Å². The van der Waals surface area contributed by atoms with E-state index in [2.05, 4.69) is 20.6 Å². The monoisotopic (exact) mass is 319 g/mol. The van der Waals surface area contributed by atoms with Gasteiger partial charge in [0.15, 0.2) is 0 Å². The van der Waals surface area contributed by atoms with Crippen LogP contribution < -0.4 is 0 Å². The highest BCUT2D eigenvalue weighted by atomic mass is 35.5. The topological polar surface area (TPSA) is 30.7 Å². The van der Waals surface area contributed by atoms with E-state index in [0.29, 0.717) is 11.6 Å². The molecule has 0 N–H and O–H groups in total. The first-order chi connectivity index (χ1) is 10.1. The van der Waals surface area contributed by atoms with Gasteiger partial charge in [-0.25, -0.2) is 4.98 Å². The molecule has 0 aliphatic rings. The minimum absolute atomic E-state index is 0.188. The fourth-order valence-corrected chi connectivity index (χ4v) is 2.84. The van der Waals surface area contributed by atoms with Crippen LogP contribution in [0.2, 0.25) is 5.02 Å². The number of hydrogen-bond acceptors (Lipinski definition) is 2. The number of imidazole rings is 1. The number of benzene rings is 1. The van der Waals surface area contributed by atoms with Gasteiger partial charge >= 0.3 is 0 Å². The third-order valence-electron chi connectivity index (χ3n) is 3.42. The molecular weight excluding hydrogens is 305 g/mol. The van der Waals surface area contributed by atoms with Gasteiger partial charge in [0.25, 0.3) is 0 Å². The molecule has 3 aromatic rings. The summed E-state index contributed by atoms with van der Waals surface area (Å²) >= 11 is 12.6. The highest BCUT2D eigenvalue weighted by molar-refractivity contribution is 6.35. The second-order valence-electron chi connectivity index (χ2n) is 5.09. The van der Waals surface area contributed by atoms with Crippen LogP contribution in [0.3, 0.4) is 0 Å². The first-order valence-corrected chi connectivity index (χ1v) is 7.58. The third-order valence-corrected chi connectivity index (χ3v) is 3.92. The predicted octanol–water partition coefficient (Wildman–Crippen LogP) is 4.74. The van der Waals surface area contributed by atoms with E-state index in [0.717, 1.165) is 28.1 Å². The Balaban J connectivity index is 2.15. The number of halogens is 2. The van der Waals surface area contributed by atoms with E-state index in [1.807, 2.05) is 44.3 Å². The smallest absolute Gasteiger partial charge is 0.128 e. The molecule has 0 fully saturated rings. The number of nitrogens with zero attached hydrogens (tertiary/aromatic N) is 3. The van der Waals surface area contributed by atoms with Crippen LogP contribution in [-0.2, 0) is 6.54 Å². The summed E-state index contributed by atoms with van der Waals surface area (Å²) in [7, 11) is 0. The number of aromatic nitrogens is 3. The molecule has 21 heavy (non-hydrogen) atoms. The molecule has 2 heterocycles. The lowest BCUT2D eigenvalue weighted by Crippen LogP contribution is -2.06. The van der Waals surface area contributed by atoms with Crippen molar-refractivity contribution in [3.8, 4) is 0 Å². The molecular formula is C16H15Cl2N3. The predicted molar refractivity (Wildman–Crippen MR) is 87.1 cm³/mol. The maximum atomic E-state index is 6.35. The van der Waals surface area contributed by atoms with Gasteiger partial charge in [-0.15, -0.1) is 11.6 Å². The average Bonchev–Trinajstić information content (AvgIpc) is 2.82. The SMILES string of the molecule is Cc1ccc(Cn2c(C(C)Cl)nc3cccc(Cl)c32)cn1. The van der Waals surface area contributed by atoms with Gasteiger partial charge in [-0.05, 0) is 37.6 Å². The summed E-state index contributed by atoms with van der Waals surface area (Å²) in [6, 6.07) is 9.79. The lowest BCUT2D eigenvalue weighted by atomic mass is 10.2. The number of rotatable bonds is 3. The van der Waals surface area contributed by atoms with Gasteiger partial charge in [0.2, 0.25) is 0 Å². The van der Waals surface area contributed by atoms with Gasteiger partial charge in [0, 0.05) is 11.9 Å². The number of alkyl halides is 1. The second-order valence-corrected chi connectivity index (χ2v) is 6.15. The fraction of sp³-hybridized carbons (Fsp3) is 0.250. The number of hydrogen-bond donors (Lipinski definition) is 0. The summed E-state index contributed by atoms with van der Waals surface area (Å²) in [5, 5.41) is 0.496. The second kappa shape index (κ2) is 5.66. The molecule has 0 bridgehead atoms. The van der Waals surface area contributed by atoms with Gasteiger partial charge in [0.1, 0.15) is 5.82 Å². The average molecular weight is 320 g/mol. The Labute approximate surface area is 133 Å². The fourth-order valence-electron chi connectivity index (χ4n) is 2.40. The highest BCUT2D eigenvalue weighted by Crippen LogP contribution is 2.29. The Hall–Kier alpha value is -1.58. The van der Waals surface area contributed by atoms with Gasteiger partial charge in [0.05, 0.1) is 28.0 Å². The van der Waals surface area contributed by atoms with Crippen molar-refractivity contribution < 1.29 is 0 Å². The van der Waals surface area contributed by atoms with Crippen LogP contribution in [0.5, 0.6) is 0 Å². The lowest BCUT2D eigenvalue weighted by molar-refractivity contribution is 0.740. The quantitative estimate of drug-likeness (QED) is 0.653. The molecule has 2 aromatic heterocycles. The van der Waals surface area contributed by atoms with E-state index < -0.39 is 0 Å². The van der Waals surface area contributed by atoms with E-state index in [4.69, 9.17) is 23.2 Å². The van der Waals surface area contributed by atoms with Crippen LogP contribution in [0.4, 0.5) is 0 Å². The van der Waals surface area contributed by atoms with Crippen molar-refractivity contribution in [2.24, 2.45) is 0 Å². The normalized spacial score (nSPS) is 12.8. The molecule has 1 aromatic carbocycles. The first-order valence-electron chi connectivity index (χ1n) is 6.76. The van der Waals surface area contributed by atoms with Crippen LogP contribution in [-0.4, -0.2) is 14.5 Å². The molecule has 0 aliphatic heterocycles. The minimum Gasteiger partial charge on any atom is -0.321 e. The molecule has 5 heteroatoms. The molecule has 0 spiro atoms. The molecule has 0 saturated carbocycles. The minimum atomic E-state index is -0.188. The molecule has 0 radical (unpaired) electrons. The van der Waals surface area contributed by atoms with E-state index in [1.54, 1.807) is 0 Å². The zero-order valence-electron chi connectivity index (χ0n) is 11.8. The van der Waals surface area contributed by atoms with Crippen molar-refractivity contribution in [1.29, 1.82) is 0 Å². The van der Waals surface area contributed by atoms with Gasteiger partial charge in [-0.2, -0.15) is 0 Å². The lowest BCUT2D eigenvalue weighted by Gasteiger charge is -2.11. The van der Waals surface area contributed by atoms with Crippen LogP contribution in [0.1, 0.15) is 29.4 Å². The number of para-hydroxylation sites is 1. The third kappa shape index (κ3) is 2.76. The van der Waals surface area contributed by atoms with Crippen LogP contribution in [0, 0.1) is 6.92 Å². The summed E-state index contributed by atoms with van der Waals surface area (Å²) < 4.78 is 2.07. The number of fused-ring (bicyclic) bond motifs is 1. The highest BCUT2D eigenvalue weighted by Gasteiger charge is 2.17. The van der Waals surface area contributed by atoms with E-state index >= 15 is 0 Å². The van der Waals surface area contributed by atoms with Crippen LogP contribution >= 0.6 is 23.2 Å². The molecule has 0 amide bonds. The van der Waals surface area contributed by atoms with E-state index in [-0.39, 0.29) is 5.38 Å². The maximum absolute atomic E-state index is 6.35. The van der Waals surface area contributed by atoms with Crippen molar-refractivity contribution in [3.05, 3.63) is 58.6 Å². The van der Waals surface area contributed by atoms with Gasteiger partial charge in [-0.1, -0.05) is 23.7 Å². The Morgan fingerprint density at radius 1 is 1.24 bits per heavy atom. The number of pyridine rings is 1. The maximum Gasteiger partial charge on any atom is 0.128 e. The standard InChI is InChI=1S/C16H15Cl2N3/c1-10-6-7-12(8-19-10)9-21-15-13(18)4-3-5-14(15)20-16(21)11(2)17/h3-8,11H,9H2,1-2H3. The molecule has 1 atom stereocenters. The van der Waals surface area contributed by atoms with Gasteiger partial charge in [-0.3, -0.25) is 4.98 Å². The first kappa shape index (κ1) is 14.4. The molecule has 0 aliphatic carbocycles. The van der Waals surface area contributed by atoms with Gasteiger partial charge < -0.3 is 4.57 Å². The Morgan fingerprint density at radius 3 is 2.71 bits per heavy atom. The van der Waals surface area contributed by atoms with E-state index in [9.17, 15) is 0 Å². The Kier molecular flexibility index (Phi) is 3.87. The largest absolute Gasteiger partial charge is 0.321 e. The summed E-state index contributed by atoms with van der Waals surface area (Å²) in [6.07, 6.45) is 1.88. The van der Waals surface area contributed by atoms with Crippen LogP contribution in [0.15, 0.2) is 36.5 Å².